The molecule has 1 atom stereocenters. The lowest BCUT2D eigenvalue weighted by molar-refractivity contribution is 0.395. The molecule has 0 bridgehead atoms. The van der Waals surface area contributed by atoms with Crippen molar-refractivity contribution in [1.82, 2.24) is 5.32 Å². The molecule has 1 aliphatic carbocycles. The first-order valence-electron chi connectivity index (χ1n) is 8.61. The van der Waals surface area contributed by atoms with E-state index in [4.69, 9.17) is 26.4 Å². The topological polar surface area (TPSA) is 51.8 Å². The van der Waals surface area contributed by atoms with Gasteiger partial charge >= 0.3 is 0 Å². The number of thiocarbonyl (C=S) groups is 1. The number of anilines is 1. The van der Waals surface area contributed by atoms with Crippen LogP contribution in [0.15, 0.2) is 36.4 Å². The van der Waals surface area contributed by atoms with Crippen molar-refractivity contribution in [3.8, 4) is 17.2 Å². The minimum atomic E-state index is 0.189. The van der Waals surface area contributed by atoms with Crippen molar-refractivity contribution in [2.45, 2.75) is 25.3 Å². The number of hydrogen-bond donors (Lipinski definition) is 2. The third-order valence-electron chi connectivity index (χ3n) is 4.63. The molecule has 2 aromatic carbocycles. The minimum absolute atomic E-state index is 0.189. The Morgan fingerprint density at radius 3 is 2.46 bits per heavy atom. The molecule has 6 heteroatoms. The first-order chi connectivity index (χ1) is 12.6. The van der Waals surface area contributed by atoms with Gasteiger partial charge in [-0.25, -0.2) is 0 Å². The highest BCUT2D eigenvalue weighted by Crippen LogP contribution is 2.33. The molecule has 3 rings (SSSR count). The van der Waals surface area contributed by atoms with E-state index in [1.54, 1.807) is 21.3 Å². The van der Waals surface area contributed by atoms with Crippen LogP contribution in [0.5, 0.6) is 17.2 Å². The van der Waals surface area contributed by atoms with Crippen molar-refractivity contribution in [1.29, 1.82) is 0 Å². The summed E-state index contributed by atoms with van der Waals surface area (Å²) >= 11 is 5.53. The number of ether oxygens (including phenoxy) is 3. The van der Waals surface area contributed by atoms with Crippen molar-refractivity contribution in [3.63, 3.8) is 0 Å². The summed E-state index contributed by atoms with van der Waals surface area (Å²) in [6.45, 7) is 0. The molecule has 0 aromatic heterocycles. The van der Waals surface area contributed by atoms with Crippen molar-refractivity contribution < 1.29 is 14.2 Å². The number of hydrogen-bond acceptors (Lipinski definition) is 4. The highest BCUT2D eigenvalue weighted by molar-refractivity contribution is 7.80. The van der Waals surface area contributed by atoms with E-state index in [1.807, 2.05) is 24.3 Å². The second-order valence-electron chi connectivity index (χ2n) is 6.17. The first-order valence-corrected chi connectivity index (χ1v) is 9.01. The molecule has 0 aliphatic heterocycles. The van der Waals surface area contributed by atoms with Crippen LogP contribution in [0.2, 0.25) is 0 Å². The Morgan fingerprint density at radius 2 is 1.73 bits per heavy atom. The van der Waals surface area contributed by atoms with Crippen LogP contribution in [-0.2, 0) is 6.42 Å². The number of methoxy groups -OCH3 is 3. The lowest BCUT2D eigenvalue weighted by Gasteiger charge is -2.28. The van der Waals surface area contributed by atoms with Crippen LogP contribution >= 0.6 is 12.2 Å². The van der Waals surface area contributed by atoms with Gasteiger partial charge in [0.25, 0.3) is 0 Å². The smallest absolute Gasteiger partial charge is 0.171 e. The van der Waals surface area contributed by atoms with Crippen LogP contribution < -0.4 is 24.8 Å². The molecule has 2 N–H and O–H groups in total. The van der Waals surface area contributed by atoms with Crippen molar-refractivity contribution in [3.05, 3.63) is 47.5 Å². The molecule has 0 radical (unpaired) electrons. The monoisotopic (exact) mass is 372 g/mol. The number of benzene rings is 2. The first kappa shape index (κ1) is 18.3. The third-order valence-corrected chi connectivity index (χ3v) is 4.85. The van der Waals surface area contributed by atoms with Gasteiger partial charge in [0.15, 0.2) is 5.11 Å². The van der Waals surface area contributed by atoms with Crippen LogP contribution in [0.25, 0.3) is 0 Å². The molecule has 0 spiro atoms. The standard InChI is InChI=1S/C20H24N2O3S/c1-23-14-7-9-16-13(11-14)5-4-6-17(16)21-20(26)22-18-10-8-15(24-2)12-19(18)25-3/h7-12,17H,4-6H2,1-3H3,(H2,21,22,26). The highest BCUT2D eigenvalue weighted by Gasteiger charge is 2.21. The maximum Gasteiger partial charge on any atom is 0.171 e. The average Bonchev–Trinajstić information content (AvgIpc) is 2.68. The highest BCUT2D eigenvalue weighted by atomic mass is 32.1. The molecule has 138 valence electrons. The largest absolute Gasteiger partial charge is 0.497 e. The molecular formula is C20H24N2O3S. The Hall–Kier alpha value is -2.47. The van der Waals surface area contributed by atoms with Gasteiger partial charge in [-0.15, -0.1) is 0 Å². The quantitative estimate of drug-likeness (QED) is 0.772. The van der Waals surface area contributed by atoms with E-state index in [2.05, 4.69) is 22.8 Å². The molecular weight excluding hydrogens is 348 g/mol. The van der Waals surface area contributed by atoms with Gasteiger partial charge < -0.3 is 24.8 Å². The maximum atomic E-state index is 5.53. The fourth-order valence-electron chi connectivity index (χ4n) is 3.29. The van der Waals surface area contributed by atoms with Crippen LogP contribution in [0.1, 0.15) is 30.0 Å². The number of aryl methyl sites for hydroxylation is 1. The summed E-state index contributed by atoms with van der Waals surface area (Å²) in [5.74, 6) is 2.32. The zero-order valence-corrected chi connectivity index (χ0v) is 16.1. The Balaban J connectivity index is 1.72. The second kappa shape index (κ2) is 8.27. The number of nitrogens with one attached hydrogen (secondary N) is 2. The van der Waals surface area contributed by atoms with E-state index >= 15 is 0 Å². The lowest BCUT2D eigenvalue weighted by atomic mass is 9.87. The molecule has 5 nitrogen and oxygen atoms in total. The SMILES string of the molecule is COc1ccc2c(c1)CCCC2NC(=S)Nc1ccc(OC)cc1OC. The average molecular weight is 372 g/mol. The van der Waals surface area contributed by atoms with Gasteiger partial charge in [-0.2, -0.15) is 0 Å². The van der Waals surface area contributed by atoms with Gasteiger partial charge in [0.05, 0.1) is 33.1 Å². The second-order valence-corrected chi connectivity index (χ2v) is 6.58. The van der Waals surface area contributed by atoms with Crippen LogP contribution in [0.3, 0.4) is 0 Å². The summed E-state index contributed by atoms with van der Waals surface area (Å²) in [6, 6.07) is 12.0. The summed E-state index contributed by atoms with van der Waals surface area (Å²) in [5, 5.41) is 7.23. The lowest BCUT2D eigenvalue weighted by Crippen LogP contribution is -2.34. The zero-order valence-electron chi connectivity index (χ0n) is 15.3. The molecule has 2 aromatic rings. The molecule has 1 aliphatic rings. The molecule has 26 heavy (non-hydrogen) atoms. The van der Waals surface area contributed by atoms with Crippen molar-refractivity contribution in [2.24, 2.45) is 0 Å². The van der Waals surface area contributed by atoms with E-state index in [9.17, 15) is 0 Å². The van der Waals surface area contributed by atoms with Crippen molar-refractivity contribution >= 4 is 23.0 Å². The molecule has 1 unspecified atom stereocenters. The predicted octanol–water partition coefficient (Wildman–Crippen LogP) is 4.08. The summed E-state index contributed by atoms with van der Waals surface area (Å²) < 4.78 is 16.0. The Bertz CT molecular complexity index is 795. The fourth-order valence-corrected chi connectivity index (χ4v) is 3.54. The van der Waals surface area contributed by atoms with Gasteiger partial charge in [0.1, 0.15) is 17.2 Å². The molecule has 0 heterocycles. The molecule has 0 saturated heterocycles. The maximum absolute atomic E-state index is 5.53. The van der Waals surface area contributed by atoms with Gasteiger partial charge in [0, 0.05) is 6.07 Å². The Labute approximate surface area is 159 Å². The van der Waals surface area contributed by atoms with Gasteiger partial charge in [-0.05, 0) is 66.9 Å². The van der Waals surface area contributed by atoms with Crippen LogP contribution in [0.4, 0.5) is 5.69 Å². The normalized spacial score (nSPS) is 15.6. The number of fused-ring (bicyclic) bond motifs is 1. The Morgan fingerprint density at radius 1 is 1.00 bits per heavy atom. The summed E-state index contributed by atoms with van der Waals surface area (Å²) in [5.41, 5.74) is 3.40. The van der Waals surface area contributed by atoms with E-state index < -0.39 is 0 Å². The van der Waals surface area contributed by atoms with Crippen molar-refractivity contribution in [2.75, 3.05) is 26.6 Å². The van der Waals surface area contributed by atoms with Crippen LogP contribution in [-0.4, -0.2) is 26.4 Å². The summed E-state index contributed by atoms with van der Waals surface area (Å²) in [6.07, 6.45) is 3.23. The minimum Gasteiger partial charge on any atom is -0.497 e. The van der Waals surface area contributed by atoms with Gasteiger partial charge in [0.2, 0.25) is 0 Å². The van der Waals surface area contributed by atoms with Gasteiger partial charge in [-0.1, -0.05) is 6.07 Å². The fraction of sp³-hybridized carbons (Fsp3) is 0.350. The Kier molecular flexibility index (Phi) is 5.83. The predicted molar refractivity (Wildman–Crippen MR) is 108 cm³/mol. The molecule has 0 saturated carbocycles. The molecule has 0 fully saturated rings. The summed E-state index contributed by atoms with van der Waals surface area (Å²) in [4.78, 5) is 0. The van der Waals surface area contributed by atoms with E-state index in [0.717, 1.165) is 36.4 Å². The van der Waals surface area contributed by atoms with Crippen LogP contribution in [0, 0.1) is 0 Å². The summed E-state index contributed by atoms with van der Waals surface area (Å²) in [7, 11) is 4.95. The van der Waals surface area contributed by atoms with E-state index in [1.165, 1.54) is 11.1 Å². The number of rotatable bonds is 5. The molecule has 0 amide bonds. The van der Waals surface area contributed by atoms with E-state index in [0.29, 0.717) is 10.9 Å². The zero-order chi connectivity index (χ0) is 18.5. The van der Waals surface area contributed by atoms with Gasteiger partial charge in [-0.3, -0.25) is 0 Å². The van der Waals surface area contributed by atoms with E-state index in [-0.39, 0.29) is 6.04 Å². The third kappa shape index (κ3) is 4.02.